The number of hydrogen-bond acceptors (Lipinski definition) is 3. The van der Waals surface area contributed by atoms with Crippen molar-refractivity contribution in [3.8, 4) is 5.75 Å². The Balaban J connectivity index is 2.15. The number of nitrogens with zero attached hydrogens (tertiary/aromatic N) is 1. The van der Waals surface area contributed by atoms with E-state index in [9.17, 15) is 0 Å². The number of hydrogen-bond donors (Lipinski definition) is 1. The molecular formula is C9H12N2O. The third-order valence-electron chi connectivity index (χ3n) is 1.93. The second-order valence-electron chi connectivity index (χ2n) is 3.16. The van der Waals surface area contributed by atoms with Crippen LogP contribution in [0.5, 0.6) is 5.75 Å². The van der Waals surface area contributed by atoms with Gasteiger partial charge in [0.05, 0.1) is 23.7 Å². The van der Waals surface area contributed by atoms with E-state index in [1.807, 2.05) is 13.0 Å². The first-order chi connectivity index (χ1) is 5.75. The molecule has 0 bridgehead atoms. The van der Waals surface area contributed by atoms with Gasteiger partial charge < -0.3 is 10.5 Å². The molecule has 1 aromatic rings. The van der Waals surface area contributed by atoms with Gasteiger partial charge in [0.15, 0.2) is 0 Å². The molecular weight excluding hydrogens is 152 g/mol. The van der Waals surface area contributed by atoms with Gasteiger partial charge >= 0.3 is 0 Å². The van der Waals surface area contributed by atoms with E-state index in [0.29, 0.717) is 11.8 Å². The summed E-state index contributed by atoms with van der Waals surface area (Å²) < 4.78 is 5.52. The van der Waals surface area contributed by atoms with Crippen molar-refractivity contribution in [2.45, 2.75) is 25.9 Å². The third kappa shape index (κ3) is 1.49. The van der Waals surface area contributed by atoms with Crippen molar-refractivity contribution in [3.05, 3.63) is 18.0 Å². The Hall–Kier alpha value is -1.25. The van der Waals surface area contributed by atoms with E-state index in [1.165, 1.54) is 0 Å². The normalized spacial score (nSPS) is 16.1. The van der Waals surface area contributed by atoms with Gasteiger partial charge in [-0.2, -0.15) is 0 Å². The number of nitrogen functional groups attached to an aromatic ring is 1. The zero-order valence-electron chi connectivity index (χ0n) is 7.08. The lowest BCUT2D eigenvalue weighted by atomic mass is 10.3. The number of nitrogens with two attached hydrogens (primary N) is 1. The summed E-state index contributed by atoms with van der Waals surface area (Å²) >= 11 is 0. The first-order valence-corrected chi connectivity index (χ1v) is 4.14. The minimum atomic E-state index is 0.411. The lowest BCUT2D eigenvalue weighted by Crippen LogP contribution is -1.99. The van der Waals surface area contributed by atoms with Gasteiger partial charge in [0.1, 0.15) is 5.75 Å². The molecule has 1 heterocycles. The minimum Gasteiger partial charge on any atom is -0.489 e. The molecule has 1 aromatic heterocycles. The highest BCUT2D eigenvalue weighted by atomic mass is 16.5. The topological polar surface area (TPSA) is 48.1 Å². The van der Waals surface area contributed by atoms with E-state index >= 15 is 0 Å². The Morgan fingerprint density at radius 2 is 2.33 bits per heavy atom. The first kappa shape index (κ1) is 7.40. The molecule has 0 radical (unpaired) electrons. The second kappa shape index (κ2) is 2.66. The number of anilines is 1. The highest BCUT2D eigenvalue weighted by Crippen LogP contribution is 2.27. The lowest BCUT2D eigenvalue weighted by molar-refractivity contribution is 0.302. The summed E-state index contributed by atoms with van der Waals surface area (Å²) in [5.74, 6) is 0.792. The maximum Gasteiger partial charge on any atom is 0.140 e. The van der Waals surface area contributed by atoms with Crippen molar-refractivity contribution < 1.29 is 4.74 Å². The van der Waals surface area contributed by atoms with Gasteiger partial charge in [-0.1, -0.05) is 0 Å². The predicted octanol–water partition coefficient (Wildman–Crippen LogP) is 1.51. The highest BCUT2D eigenvalue weighted by Gasteiger charge is 2.23. The summed E-state index contributed by atoms with van der Waals surface area (Å²) in [6.07, 6.45) is 4.46. The molecule has 3 heteroatoms. The molecule has 0 aliphatic heterocycles. The fourth-order valence-electron chi connectivity index (χ4n) is 0.973. The average Bonchev–Trinajstić information content (AvgIpc) is 2.81. The second-order valence-corrected chi connectivity index (χ2v) is 3.16. The van der Waals surface area contributed by atoms with Gasteiger partial charge in [0.25, 0.3) is 0 Å². The molecule has 2 N–H and O–H groups in total. The molecule has 12 heavy (non-hydrogen) atoms. The molecule has 0 atom stereocenters. The van der Waals surface area contributed by atoms with Gasteiger partial charge in [0.2, 0.25) is 0 Å². The standard InChI is InChI=1S/C9H12N2O/c1-6-9(10)4-8(5-11-6)12-7-2-3-7/h4-5,7H,2-3,10H2,1H3. The number of aromatic nitrogens is 1. The molecule has 1 fully saturated rings. The smallest absolute Gasteiger partial charge is 0.140 e. The minimum absolute atomic E-state index is 0.411. The predicted molar refractivity (Wildman–Crippen MR) is 47.0 cm³/mol. The summed E-state index contributed by atoms with van der Waals surface area (Å²) in [6.45, 7) is 1.89. The van der Waals surface area contributed by atoms with Crippen LogP contribution in [0, 0.1) is 6.92 Å². The largest absolute Gasteiger partial charge is 0.489 e. The van der Waals surface area contributed by atoms with Crippen molar-refractivity contribution in [3.63, 3.8) is 0 Å². The summed E-state index contributed by atoms with van der Waals surface area (Å²) in [7, 11) is 0. The van der Waals surface area contributed by atoms with Crippen molar-refractivity contribution in [2.24, 2.45) is 0 Å². The van der Waals surface area contributed by atoms with Crippen LogP contribution in [0.1, 0.15) is 18.5 Å². The van der Waals surface area contributed by atoms with Gasteiger partial charge in [-0.3, -0.25) is 4.98 Å². The molecule has 1 aliphatic rings. The number of ether oxygens (including phenoxy) is 1. The Morgan fingerprint density at radius 1 is 1.58 bits per heavy atom. The quantitative estimate of drug-likeness (QED) is 0.720. The van der Waals surface area contributed by atoms with Crippen LogP contribution < -0.4 is 10.5 Å². The Kier molecular flexibility index (Phi) is 1.64. The Morgan fingerprint density at radius 3 is 2.92 bits per heavy atom. The van der Waals surface area contributed by atoms with E-state index in [2.05, 4.69) is 4.98 Å². The van der Waals surface area contributed by atoms with Crippen LogP contribution in [0.4, 0.5) is 5.69 Å². The van der Waals surface area contributed by atoms with Crippen LogP contribution in [0.15, 0.2) is 12.3 Å². The summed E-state index contributed by atoms with van der Waals surface area (Å²) in [6, 6.07) is 1.83. The summed E-state index contributed by atoms with van der Waals surface area (Å²) in [5, 5.41) is 0. The van der Waals surface area contributed by atoms with Gasteiger partial charge in [-0.25, -0.2) is 0 Å². The summed E-state index contributed by atoms with van der Waals surface area (Å²) in [4.78, 5) is 4.11. The van der Waals surface area contributed by atoms with Crippen LogP contribution in [0.25, 0.3) is 0 Å². The molecule has 0 unspecified atom stereocenters. The van der Waals surface area contributed by atoms with Gasteiger partial charge in [-0.05, 0) is 19.8 Å². The van der Waals surface area contributed by atoms with E-state index in [-0.39, 0.29) is 0 Å². The maximum absolute atomic E-state index is 5.67. The van der Waals surface area contributed by atoms with E-state index in [4.69, 9.17) is 10.5 Å². The summed E-state index contributed by atoms with van der Waals surface area (Å²) in [5.41, 5.74) is 7.24. The van der Waals surface area contributed by atoms with E-state index < -0.39 is 0 Å². The molecule has 2 rings (SSSR count). The van der Waals surface area contributed by atoms with Crippen LogP contribution in [-0.4, -0.2) is 11.1 Å². The van der Waals surface area contributed by atoms with Crippen LogP contribution in [-0.2, 0) is 0 Å². The van der Waals surface area contributed by atoms with Crippen molar-refractivity contribution >= 4 is 5.69 Å². The first-order valence-electron chi connectivity index (χ1n) is 4.14. The SMILES string of the molecule is Cc1ncc(OC2CC2)cc1N. The monoisotopic (exact) mass is 164 g/mol. The zero-order valence-corrected chi connectivity index (χ0v) is 7.08. The maximum atomic E-state index is 5.67. The Bertz CT molecular complexity index is 295. The lowest BCUT2D eigenvalue weighted by Gasteiger charge is -2.05. The van der Waals surface area contributed by atoms with E-state index in [1.54, 1.807) is 6.20 Å². The number of aryl methyl sites for hydroxylation is 1. The molecule has 3 nitrogen and oxygen atoms in total. The fourth-order valence-corrected chi connectivity index (χ4v) is 0.973. The van der Waals surface area contributed by atoms with Gasteiger partial charge in [-0.15, -0.1) is 0 Å². The van der Waals surface area contributed by atoms with Gasteiger partial charge in [0, 0.05) is 6.07 Å². The number of pyridine rings is 1. The fraction of sp³-hybridized carbons (Fsp3) is 0.444. The highest BCUT2D eigenvalue weighted by molar-refractivity contribution is 5.46. The molecule has 0 saturated heterocycles. The molecule has 0 amide bonds. The van der Waals surface area contributed by atoms with Crippen LogP contribution in [0.3, 0.4) is 0 Å². The van der Waals surface area contributed by atoms with Crippen molar-refractivity contribution in [1.82, 2.24) is 4.98 Å². The van der Waals surface area contributed by atoms with Crippen LogP contribution >= 0.6 is 0 Å². The number of rotatable bonds is 2. The average molecular weight is 164 g/mol. The molecule has 0 aromatic carbocycles. The van der Waals surface area contributed by atoms with Crippen molar-refractivity contribution in [1.29, 1.82) is 0 Å². The van der Waals surface area contributed by atoms with E-state index in [0.717, 1.165) is 24.3 Å². The molecule has 64 valence electrons. The molecule has 0 spiro atoms. The third-order valence-corrected chi connectivity index (χ3v) is 1.93. The zero-order chi connectivity index (χ0) is 8.55. The van der Waals surface area contributed by atoms with Crippen LogP contribution in [0.2, 0.25) is 0 Å². The Labute approximate surface area is 71.6 Å². The molecule has 1 saturated carbocycles. The van der Waals surface area contributed by atoms with Crippen molar-refractivity contribution in [2.75, 3.05) is 5.73 Å². The molecule has 1 aliphatic carbocycles.